The number of ether oxygens (including phenoxy) is 1. The van der Waals surface area contributed by atoms with Gasteiger partial charge in [0.15, 0.2) is 0 Å². The smallest absolute Gasteiger partial charge is 0.0900 e. The van der Waals surface area contributed by atoms with Crippen molar-refractivity contribution in [2.24, 2.45) is 0 Å². The third-order valence-electron chi connectivity index (χ3n) is 4.84. The number of halogens is 1. The Morgan fingerprint density at radius 2 is 1.91 bits per heavy atom. The van der Waals surface area contributed by atoms with Crippen LogP contribution in [0.1, 0.15) is 25.7 Å². The maximum absolute atomic E-state index is 10.2. The zero-order valence-corrected chi connectivity index (χ0v) is 14.4. The fraction of sp³-hybridized carbons (Fsp3) is 0.667. The monoisotopic (exact) mass is 338 g/mol. The molecule has 0 amide bonds. The van der Waals surface area contributed by atoms with Crippen molar-refractivity contribution in [1.29, 1.82) is 0 Å². The molecule has 3 rings (SSSR count). The third kappa shape index (κ3) is 5.08. The number of hydrogen-bond donors (Lipinski definition) is 1. The van der Waals surface area contributed by atoms with Crippen LogP contribution in [0.4, 0.5) is 5.69 Å². The molecule has 0 aromatic heterocycles. The fourth-order valence-corrected chi connectivity index (χ4v) is 3.70. The van der Waals surface area contributed by atoms with Crippen LogP contribution in [-0.2, 0) is 4.74 Å². The topological polar surface area (TPSA) is 35.9 Å². The Hall–Kier alpha value is -0.810. The number of benzene rings is 1. The van der Waals surface area contributed by atoms with Crippen molar-refractivity contribution in [2.45, 2.75) is 37.9 Å². The maximum Gasteiger partial charge on any atom is 0.0900 e. The average molecular weight is 339 g/mol. The van der Waals surface area contributed by atoms with Gasteiger partial charge in [0.1, 0.15) is 0 Å². The van der Waals surface area contributed by atoms with E-state index in [1.54, 1.807) is 0 Å². The van der Waals surface area contributed by atoms with Crippen LogP contribution in [0, 0.1) is 0 Å². The molecule has 1 aliphatic heterocycles. The van der Waals surface area contributed by atoms with E-state index in [1.807, 2.05) is 18.2 Å². The summed E-state index contributed by atoms with van der Waals surface area (Å²) in [6.07, 6.45) is 4.85. The number of β-amino-alcohol motifs (C(OH)–C–C–N with tert-alkyl or cyclic N) is 1. The lowest BCUT2D eigenvalue weighted by atomic mass is 10.2. The summed E-state index contributed by atoms with van der Waals surface area (Å²) in [5.41, 5.74) is 1.18. The SMILES string of the molecule is OC(COC1CCCC1)CN1CCN(c2cccc(Cl)c2)CC1. The highest BCUT2D eigenvalue weighted by atomic mass is 35.5. The highest BCUT2D eigenvalue weighted by Crippen LogP contribution is 2.22. The minimum absolute atomic E-state index is 0.379. The molecule has 1 heterocycles. The first kappa shape index (κ1) is 17.0. The van der Waals surface area contributed by atoms with Crippen molar-refractivity contribution in [3.05, 3.63) is 29.3 Å². The van der Waals surface area contributed by atoms with E-state index in [4.69, 9.17) is 16.3 Å². The van der Waals surface area contributed by atoms with E-state index in [1.165, 1.54) is 18.5 Å². The summed E-state index contributed by atoms with van der Waals surface area (Å²) in [5.74, 6) is 0. The highest BCUT2D eigenvalue weighted by Gasteiger charge is 2.21. The molecule has 2 fully saturated rings. The molecule has 4 nitrogen and oxygen atoms in total. The van der Waals surface area contributed by atoms with E-state index >= 15 is 0 Å². The quantitative estimate of drug-likeness (QED) is 0.865. The van der Waals surface area contributed by atoms with E-state index in [9.17, 15) is 5.11 Å². The van der Waals surface area contributed by atoms with E-state index in [-0.39, 0.29) is 6.10 Å². The van der Waals surface area contributed by atoms with Gasteiger partial charge < -0.3 is 14.7 Å². The Kier molecular flexibility index (Phi) is 6.17. The van der Waals surface area contributed by atoms with Gasteiger partial charge >= 0.3 is 0 Å². The standard InChI is InChI=1S/C18H27ClN2O2/c19-15-4-3-5-16(12-15)21-10-8-20(9-11-21)13-17(22)14-23-18-6-1-2-7-18/h3-5,12,17-18,22H,1-2,6-11,13-14H2. The molecular weight excluding hydrogens is 312 g/mol. The van der Waals surface area contributed by atoms with Crippen molar-refractivity contribution in [3.8, 4) is 0 Å². The molecule has 0 radical (unpaired) electrons. The molecule has 0 spiro atoms. The van der Waals surface area contributed by atoms with Crippen LogP contribution in [0.2, 0.25) is 5.02 Å². The predicted molar refractivity (Wildman–Crippen MR) is 94.3 cm³/mol. The number of rotatable bonds is 6. The summed E-state index contributed by atoms with van der Waals surface area (Å²) >= 11 is 6.07. The number of hydrogen-bond acceptors (Lipinski definition) is 4. The predicted octanol–water partition coefficient (Wildman–Crippen LogP) is 2.78. The Labute approximate surface area is 144 Å². The van der Waals surface area contributed by atoms with Crippen molar-refractivity contribution in [3.63, 3.8) is 0 Å². The molecule has 1 N–H and O–H groups in total. The second kappa shape index (κ2) is 8.34. The minimum Gasteiger partial charge on any atom is -0.389 e. The molecule has 2 aliphatic rings. The molecular formula is C18H27ClN2O2. The lowest BCUT2D eigenvalue weighted by Gasteiger charge is -2.37. The van der Waals surface area contributed by atoms with Gasteiger partial charge in [-0.2, -0.15) is 0 Å². The molecule has 128 valence electrons. The summed E-state index contributed by atoms with van der Waals surface area (Å²) in [7, 11) is 0. The number of nitrogens with zero attached hydrogens (tertiary/aromatic N) is 2. The third-order valence-corrected chi connectivity index (χ3v) is 5.08. The van der Waals surface area contributed by atoms with Gasteiger partial charge in [0, 0.05) is 43.4 Å². The first-order valence-electron chi connectivity index (χ1n) is 8.73. The molecule has 1 atom stereocenters. The number of piperazine rings is 1. The molecule has 0 bridgehead atoms. The van der Waals surface area contributed by atoms with Crippen molar-refractivity contribution in [2.75, 3.05) is 44.2 Å². The number of aliphatic hydroxyl groups excluding tert-OH is 1. The van der Waals surface area contributed by atoms with E-state index < -0.39 is 0 Å². The summed E-state index contributed by atoms with van der Waals surface area (Å²) in [4.78, 5) is 4.67. The Bertz CT molecular complexity index is 486. The van der Waals surface area contributed by atoms with Crippen molar-refractivity contribution >= 4 is 17.3 Å². The van der Waals surface area contributed by atoms with Crippen molar-refractivity contribution in [1.82, 2.24) is 4.90 Å². The zero-order valence-electron chi connectivity index (χ0n) is 13.7. The Balaban J connectivity index is 1.38. The van der Waals surface area contributed by atoms with Crippen LogP contribution >= 0.6 is 11.6 Å². The second-order valence-electron chi connectivity index (χ2n) is 6.66. The Morgan fingerprint density at radius 3 is 2.61 bits per heavy atom. The molecule has 23 heavy (non-hydrogen) atoms. The van der Waals surface area contributed by atoms with Gasteiger partial charge in [-0.3, -0.25) is 4.90 Å². The van der Waals surface area contributed by atoms with Crippen LogP contribution in [0.5, 0.6) is 0 Å². The van der Waals surface area contributed by atoms with Crippen LogP contribution in [0.3, 0.4) is 0 Å². The molecule has 1 aliphatic carbocycles. The summed E-state index contributed by atoms with van der Waals surface area (Å²) in [6, 6.07) is 8.02. The summed E-state index contributed by atoms with van der Waals surface area (Å²) in [6.45, 7) is 5.04. The summed E-state index contributed by atoms with van der Waals surface area (Å²) in [5, 5.41) is 11.0. The van der Waals surface area contributed by atoms with Crippen LogP contribution < -0.4 is 4.90 Å². The lowest BCUT2D eigenvalue weighted by Crippen LogP contribution is -2.49. The maximum atomic E-state index is 10.2. The van der Waals surface area contributed by atoms with Crippen LogP contribution in [0.25, 0.3) is 0 Å². The highest BCUT2D eigenvalue weighted by molar-refractivity contribution is 6.30. The number of aliphatic hydroxyl groups is 1. The average Bonchev–Trinajstić information content (AvgIpc) is 3.07. The fourth-order valence-electron chi connectivity index (χ4n) is 3.51. The Morgan fingerprint density at radius 1 is 1.17 bits per heavy atom. The molecule has 1 saturated carbocycles. The van der Waals surface area contributed by atoms with Gasteiger partial charge in [-0.1, -0.05) is 30.5 Å². The minimum atomic E-state index is -0.381. The zero-order chi connectivity index (χ0) is 16.1. The first-order valence-corrected chi connectivity index (χ1v) is 9.11. The van der Waals surface area contributed by atoms with Crippen molar-refractivity contribution < 1.29 is 9.84 Å². The van der Waals surface area contributed by atoms with Crippen LogP contribution in [0.15, 0.2) is 24.3 Å². The number of anilines is 1. The molecule has 1 aromatic carbocycles. The molecule has 5 heteroatoms. The molecule has 1 aromatic rings. The second-order valence-corrected chi connectivity index (χ2v) is 7.10. The van der Waals surface area contributed by atoms with Gasteiger partial charge in [-0.05, 0) is 31.0 Å². The summed E-state index contributed by atoms with van der Waals surface area (Å²) < 4.78 is 5.81. The van der Waals surface area contributed by atoms with Crippen LogP contribution in [-0.4, -0.2) is 61.5 Å². The first-order chi connectivity index (χ1) is 11.2. The largest absolute Gasteiger partial charge is 0.389 e. The van der Waals surface area contributed by atoms with Gasteiger partial charge in [0.05, 0.1) is 18.8 Å². The van der Waals surface area contributed by atoms with E-state index in [0.29, 0.717) is 19.3 Å². The molecule has 1 unspecified atom stereocenters. The van der Waals surface area contributed by atoms with E-state index in [2.05, 4.69) is 15.9 Å². The normalized spacial score (nSPS) is 21.7. The van der Waals surface area contributed by atoms with Gasteiger partial charge in [-0.25, -0.2) is 0 Å². The lowest BCUT2D eigenvalue weighted by molar-refractivity contribution is -0.0188. The van der Waals surface area contributed by atoms with E-state index in [0.717, 1.165) is 44.0 Å². The van der Waals surface area contributed by atoms with Gasteiger partial charge in [0.2, 0.25) is 0 Å². The molecule has 1 saturated heterocycles. The van der Waals surface area contributed by atoms with Gasteiger partial charge in [0.25, 0.3) is 0 Å². The van der Waals surface area contributed by atoms with Gasteiger partial charge in [-0.15, -0.1) is 0 Å².